The normalized spacial score (nSPS) is 19.7. The van der Waals surface area contributed by atoms with Crippen LogP contribution in [-0.2, 0) is 0 Å². The molecule has 1 aliphatic carbocycles. The van der Waals surface area contributed by atoms with Gasteiger partial charge in [-0.3, -0.25) is 9.59 Å². The number of phenolic OH excluding ortho intramolecular Hbond substituents is 6. The number of allylic oxidation sites excluding steroid dienone is 2. The summed E-state index contributed by atoms with van der Waals surface area (Å²) in [5, 5.41) is 61.1. The van der Waals surface area contributed by atoms with E-state index in [1.165, 1.54) is 36.4 Å². The molecule has 8 heteroatoms. The SMILES string of the molecule is CC1=C[C@@H](c2cc(C=O)c(O)cc2O)[C@H](C(=O)c2ccc(O)cc2O)[C@@H](c2ccc(O)cc2O)C1. The molecule has 8 nitrogen and oxygen atoms in total. The number of carbonyl (C=O) groups excluding carboxylic acids is 2. The molecule has 0 heterocycles. The number of Topliss-reactive ketones (excluding diaryl/α,β-unsaturated/α-hetero) is 1. The van der Waals surface area contributed by atoms with Gasteiger partial charge < -0.3 is 30.6 Å². The molecule has 3 aromatic carbocycles. The maximum Gasteiger partial charge on any atom is 0.171 e. The zero-order valence-electron chi connectivity index (χ0n) is 18.7. The van der Waals surface area contributed by atoms with Crippen molar-refractivity contribution in [2.24, 2.45) is 5.92 Å². The van der Waals surface area contributed by atoms with Crippen LogP contribution in [0.3, 0.4) is 0 Å². The molecule has 0 radical (unpaired) electrons. The summed E-state index contributed by atoms with van der Waals surface area (Å²) in [7, 11) is 0. The van der Waals surface area contributed by atoms with E-state index in [1.807, 2.05) is 6.92 Å². The van der Waals surface area contributed by atoms with Crippen molar-refractivity contribution in [3.05, 3.63) is 82.4 Å². The third-order valence-electron chi connectivity index (χ3n) is 6.45. The van der Waals surface area contributed by atoms with Crippen molar-refractivity contribution in [3.8, 4) is 34.5 Å². The average molecular weight is 476 g/mol. The Morgan fingerprint density at radius 2 is 1.43 bits per heavy atom. The summed E-state index contributed by atoms with van der Waals surface area (Å²) in [4.78, 5) is 25.4. The highest BCUT2D eigenvalue weighted by Crippen LogP contribution is 2.51. The molecule has 3 aromatic rings. The van der Waals surface area contributed by atoms with Crippen LogP contribution < -0.4 is 0 Å². The van der Waals surface area contributed by atoms with Crippen LogP contribution in [0.1, 0.15) is 57.0 Å². The lowest BCUT2D eigenvalue weighted by Crippen LogP contribution is -2.31. The van der Waals surface area contributed by atoms with Crippen LogP contribution in [0.2, 0.25) is 0 Å². The minimum Gasteiger partial charge on any atom is -0.508 e. The van der Waals surface area contributed by atoms with Crippen molar-refractivity contribution in [3.63, 3.8) is 0 Å². The van der Waals surface area contributed by atoms with Gasteiger partial charge in [-0.05, 0) is 43.2 Å². The van der Waals surface area contributed by atoms with Gasteiger partial charge in [-0.15, -0.1) is 0 Å². The van der Waals surface area contributed by atoms with Gasteiger partial charge in [0, 0.05) is 41.5 Å². The molecule has 3 atom stereocenters. The summed E-state index contributed by atoms with van der Waals surface area (Å²) in [6.07, 6.45) is 2.56. The molecule has 0 aromatic heterocycles. The topological polar surface area (TPSA) is 156 Å². The predicted octanol–water partition coefficient (Wildman–Crippen LogP) is 4.45. The van der Waals surface area contributed by atoms with Gasteiger partial charge in [0.15, 0.2) is 12.1 Å². The Bertz CT molecular complexity index is 1360. The molecular weight excluding hydrogens is 452 g/mol. The lowest BCUT2D eigenvalue weighted by Gasteiger charge is -2.37. The molecule has 0 saturated heterocycles. The molecule has 0 unspecified atom stereocenters. The van der Waals surface area contributed by atoms with Gasteiger partial charge in [-0.25, -0.2) is 0 Å². The van der Waals surface area contributed by atoms with Crippen LogP contribution in [-0.4, -0.2) is 42.7 Å². The number of carbonyl (C=O) groups is 2. The monoisotopic (exact) mass is 476 g/mol. The Kier molecular flexibility index (Phi) is 6.13. The van der Waals surface area contributed by atoms with Crippen molar-refractivity contribution in [1.29, 1.82) is 0 Å². The summed E-state index contributed by atoms with van der Waals surface area (Å²) in [5.41, 5.74) is 1.29. The maximum atomic E-state index is 13.9. The summed E-state index contributed by atoms with van der Waals surface area (Å²) < 4.78 is 0. The van der Waals surface area contributed by atoms with Crippen molar-refractivity contribution < 1.29 is 40.2 Å². The standard InChI is InChI=1S/C27H24O8/c1-13-6-20(17-4-2-15(29)9-23(17)32)26(27(35)18-5-3-16(30)10-24(18)33)21(7-13)19-8-14(12-28)22(31)11-25(19)34/h2-5,7-12,20-21,26,29-34H,6H2,1H3/t20-,21+,26-/m1/s1. The molecular formula is C27H24O8. The largest absolute Gasteiger partial charge is 0.508 e. The van der Waals surface area contributed by atoms with Gasteiger partial charge in [0.2, 0.25) is 0 Å². The molecule has 6 N–H and O–H groups in total. The maximum absolute atomic E-state index is 13.9. The highest BCUT2D eigenvalue weighted by molar-refractivity contribution is 6.02. The minimum absolute atomic E-state index is 0.0668. The fourth-order valence-electron chi connectivity index (χ4n) is 4.86. The van der Waals surface area contributed by atoms with Crippen LogP contribution in [0.5, 0.6) is 34.5 Å². The fraction of sp³-hybridized carbons (Fsp3) is 0.185. The van der Waals surface area contributed by atoms with E-state index in [0.717, 1.165) is 17.7 Å². The molecule has 35 heavy (non-hydrogen) atoms. The van der Waals surface area contributed by atoms with Gasteiger partial charge >= 0.3 is 0 Å². The highest BCUT2D eigenvalue weighted by Gasteiger charge is 2.42. The first-order valence-corrected chi connectivity index (χ1v) is 10.9. The number of hydrogen-bond acceptors (Lipinski definition) is 8. The smallest absolute Gasteiger partial charge is 0.171 e. The van der Waals surface area contributed by atoms with Crippen LogP contribution in [0, 0.1) is 5.92 Å². The number of benzene rings is 3. The lowest BCUT2D eigenvalue weighted by atomic mass is 9.65. The van der Waals surface area contributed by atoms with Gasteiger partial charge in [-0.1, -0.05) is 17.7 Å². The van der Waals surface area contributed by atoms with E-state index < -0.39 is 35.0 Å². The quantitative estimate of drug-likeness (QED) is 0.179. The average Bonchev–Trinajstić information content (AvgIpc) is 2.78. The molecule has 0 aliphatic heterocycles. The van der Waals surface area contributed by atoms with Gasteiger partial charge in [0.25, 0.3) is 0 Å². The van der Waals surface area contributed by atoms with Crippen LogP contribution >= 0.6 is 0 Å². The van der Waals surface area contributed by atoms with E-state index in [1.54, 1.807) is 6.08 Å². The second-order valence-electron chi connectivity index (χ2n) is 8.77. The molecule has 0 saturated carbocycles. The number of aldehydes is 1. The van der Waals surface area contributed by atoms with Crippen molar-refractivity contribution >= 4 is 12.1 Å². The van der Waals surface area contributed by atoms with Crippen LogP contribution in [0.4, 0.5) is 0 Å². The minimum atomic E-state index is -0.973. The predicted molar refractivity (Wildman–Crippen MR) is 126 cm³/mol. The summed E-state index contributed by atoms with van der Waals surface area (Å²) in [6, 6.07) is 10.0. The van der Waals surface area contributed by atoms with Gasteiger partial charge in [0.05, 0.1) is 11.1 Å². The molecule has 1 aliphatic rings. The zero-order valence-corrected chi connectivity index (χ0v) is 18.7. The zero-order chi connectivity index (χ0) is 25.4. The number of aromatic hydroxyl groups is 6. The first kappa shape index (κ1) is 23.7. The van der Waals surface area contributed by atoms with Crippen molar-refractivity contribution in [1.82, 2.24) is 0 Å². The Hall–Kier alpha value is -4.46. The van der Waals surface area contributed by atoms with Crippen LogP contribution in [0.15, 0.2) is 60.2 Å². The molecule has 0 spiro atoms. The summed E-state index contributed by atoms with van der Waals surface area (Å²) >= 11 is 0. The van der Waals surface area contributed by atoms with E-state index in [-0.39, 0.29) is 39.7 Å². The van der Waals surface area contributed by atoms with E-state index in [9.17, 15) is 40.2 Å². The number of ketones is 1. The molecule has 4 rings (SSSR count). The third kappa shape index (κ3) is 4.38. The molecule has 0 amide bonds. The fourth-order valence-corrected chi connectivity index (χ4v) is 4.86. The molecule has 180 valence electrons. The highest BCUT2D eigenvalue weighted by atomic mass is 16.3. The number of phenols is 6. The summed E-state index contributed by atoms with van der Waals surface area (Å²) in [5.74, 6) is -4.72. The van der Waals surface area contributed by atoms with Crippen molar-refractivity contribution in [2.75, 3.05) is 0 Å². The first-order valence-electron chi connectivity index (χ1n) is 10.9. The summed E-state index contributed by atoms with van der Waals surface area (Å²) in [6.45, 7) is 1.83. The van der Waals surface area contributed by atoms with Gasteiger partial charge in [0.1, 0.15) is 34.5 Å². The van der Waals surface area contributed by atoms with Gasteiger partial charge in [-0.2, -0.15) is 0 Å². The van der Waals surface area contributed by atoms with E-state index in [0.29, 0.717) is 18.3 Å². The van der Waals surface area contributed by atoms with E-state index in [4.69, 9.17) is 0 Å². The second-order valence-corrected chi connectivity index (χ2v) is 8.77. The van der Waals surface area contributed by atoms with Crippen molar-refractivity contribution in [2.45, 2.75) is 25.2 Å². The Morgan fingerprint density at radius 1 is 0.800 bits per heavy atom. The van der Waals surface area contributed by atoms with Crippen LogP contribution in [0.25, 0.3) is 0 Å². The molecule has 0 fully saturated rings. The Labute approximate surface area is 200 Å². The van der Waals surface area contributed by atoms with E-state index >= 15 is 0 Å². The Balaban J connectivity index is 1.95. The Morgan fingerprint density at radius 3 is 2.06 bits per heavy atom. The third-order valence-corrected chi connectivity index (χ3v) is 6.45. The van der Waals surface area contributed by atoms with E-state index in [2.05, 4.69) is 0 Å². The first-order chi connectivity index (χ1) is 16.6. The number of hydrogen-bond donors (Lipinski definition) is 6. The second kappa shape index (κ2) is 9.06. The lowest BCUT2D eigenvalue weighted by molar-refractivity contribution is 0.0877. The number of rotatable bonds is 5. The molecule has 0 bridgehead atoms.